The Hall–Kier alpha value is -1.48. The number of Topliss-reactive ketones (excluding diaryl/α,β-unsaturated/α-hetero) is 1. The van der Waals surface area contributed by atoms with E-state index >= 15 is 0 Å². The lowest BCUT2D eigenvalue weighted by molar-refractivity contribution is -0.122. The van der Waals surface area contributed by atoms with Crippen LogP contribution in [0.15, 0.2) is 53.0 Å². The summed E-state index contributed by atoms with van der Waals surface area (Å²) in [4.78, 5) is 12.5. The maximum atomic E-state index is 13.2. The van der Waals surface area contributed by atoms with Crippen LogP contribution in [0.3, 0.4) is 0 Å². The third-order valence-electron chi connectivity index (χ3n) is 3.54. The van der Waals surface area contributed by atoms with E-state index in [-0.39, 0.29) is 11.6 Å². The van der Waals surface area contributed by atoms with Crippen molar-refractivity contribution in [3.05, 3.63) is 69.9 Å². The molecule has 0 spiro atoms. The van der Waals surface area contributed by atoms with E-state index in [4.69, 9.17) is 0 Å². The first-order chi connectivity index (χ1) is 9.41. The summed E-state index contributed by atoms with van der Waals surface area (Å²) in [5, 5.41) is 0. The zero-order chi connectivity index (χ0) is 14.8. The Morgan fingerprint density at radius 2 is 1.80 bits per heavy atom. The summed E-state index contributed by atoms with van der Waals surface area (Å²) in [7, 11) is 0. The molecular weight excluding hydrogens is 319 g/mol. The van der Waals surface area contributed by atoms with E-state index in [1.165, 1.54) is 6.07 Å². The van der Waals surface area contributed by atoms with Gasteiger partial charge in [0, 0.05) is 11.8 Å². The molecule has 0 bridgehead atoms. The van der Waals surface area contributed by atoms with Crippen LogP contribution < -0.4 is 0 Å². The molecule has 0 fully saturated rings. The third kappa shape index (κ3) is 3.15. The van der Waals surface area contributed by atoms with Crippen molar-refractivity contribution in [2.24, 2.45) is 0 Å². The molecule has 3 heteroatoms. The summed E-state index contributed by atoms with van der Waals surface area (Å²) in [5.74, 6) is -0.203. The number of rotatable bonds is 4. The molecule has 0 heterocycles. The van der Waals surface area contributed by atoms with Crippen molar-refractivity contribution >= 4 is 21.7 Å². The zero-order valence-corrected chi connectivity index (χ0v) is 13.1. The molecular formula is C17H16BrFO. The quantitative estimate of drug-likeness (QED) is 0.793. The van der Waals surface area contributed by atoms with E-state index in [2.05, 4.69) is 15.9 Å². The second-order valence-corrected chi connectivity index (χ2v) is 6.19. The van der Waals surface area contributed by atoms with E-state index in [0.717, 1.165) is 11.1 Å². The number of carbonyl (C=O) groups excluding carboxylic acids is 1. The minimum Gasteiger partial charge on any atom is -0.298 e. The number of hydrogen-bond acceptors (Lipinski definition) is 1. The van der Waals surface area contributed by atoms with Crippen LogP contribution in [0.5, 0.6) is 0 Å². The minimum absolute atomic E-state index is 0.113. The lowest BCUT2D eigenvalue weighted by Gasteiger charge is -2.23. The van der Waals surface area contributed by atoms with E-state index in [0.29, 0.717) is 10.9 Å². The SMILES string of the molecule is CC(C)(C(=O)Cc1ccc(F)c(Br)c1)c1ccccc1. The van der Waals surface area contributed by atoms with Crippen LogP contribution in [0, 0.1) is 5.82 Å². The Morgan fingerprint density at radius 3 is 2.40 bits per heavy atom. The van der Waals surface area contributed by atoms with Gasteiger partial charge in [-0.25, -0.2) is 4.39 Å². The fourth-order valence-electron chi connectivity index (χ4n) is 2.07. The van der Waals surface area contributed by atoms with Gasteiger partial charge in [-0.2, -0.15) is 0 Å². The summed E-state index contributed by atoms with van der Waals surface area (Å²) in [6.07, 6.45) is 0.292. The van der Waals surface area contributed by atoms with Gasteiger partial charge in [-0.05, 0) is 53.0 Å². The van der Waals surface area contributed by atoms with Crippen molar-refractivity contribution in [3.63, 3.8) is 0 Å². The van der Waals surface area contributed by atoms with Gasteiger partial charge in [0.05, 0.1) is 4.47 Å². The smallest absolute Gasteiger partial charge is 0.147 e. The highest BCUT2D eigenvalue weighted by Crippen LogP contribution is 2.26. The van der Waals surface area contributed by atoms with Gasteiger partial charge < -0.3 is 0 Å². The lowest BCUT2D eigenvalue weighted by Crippen LogP contribution is -2.30. The first-order valence-corrected chi connectivity index (χ1v) is 7.23. The summed E-state index contributed by atoms with van der Waals surface area (Å²) in [5.41, 5.74) is 1.25. The molecule has 20 heavy (non-hydrogen) atoms. The molecule has 0 radical (unpaired) electrons. The highest BCUT2D eigenvalue weighted by molar-refractivity contribution is 9.10. The van der Waals surface area contributed by atoms with Gasteiger partial charge in [0.1, 0.15) is 11.6 Å². The topological polar surface area (TPSA) is 17.1 Å². The molecule has 2 aromatic rings. The van der Waals surface area contributed by atoms with Crippen molar-refractivity contribution in [2.75, 3.05) is 0 Å². The van der Waals surface area contributed by atoms with Crippen molar-refractivity contribution < 1.29 is 9.18 Å². The molecule has 0 saturated heterocycles. The van der Waals surface area contributed by atoms with Crippen molar-refractivity contribution in [1.82, 2.24) is 0 Å². The molecule has 2 aromatic carbocycles. The van der Waals surface area contributed by atoms with Gasteiger partial charge in [0.25, 0.3) is 0 Å². The van der Waals surface area contributed by atoms with Crippen LogP contribution in [0.2, 0.25) is 0 Å². The monoisotopic (exact) mass is 334 g/mol. The van der Waals surface area contributed by atoms with Gasteiger partial charge in [0.15, 0.2) is 0 Å². The normalized spacial score (nSPS) is 11.4. The summed E-state index contributed by atoms with van der Waals surface area (Å²) >= 11 is 3.15. The van der Waals surface area contributed by atoms with E-state index < -0.39 is 5.41 Å². The predicted octanol–water partition coefficient (Wildman–Crippen LogP) is 4.68. The van der Waals surface area contributed by atoms with Crippen LogP contribution in [0.25, 0.3) is 0 Å². The van der Waals surface area contributed by atoms with Crippen molar-refractivity contribution in [3.8, 4) is 0 Å². The van der Waals surface area contributed by atoms with Gasteiger partial charge >= 0.3 is 0 Å². The average Bonchev–Trinajstić information content (AvgIpc) is 2.44. The fourth-order valence-corrected chi connectivity index (χ4v) is 2.50. The minimum atomic E-state index is -0.553. The molecule has 0 aromatic heterocycles. The number of ketones is 1. The predicted molar refractivity (Wildman–Crippen MR) is 82.3 cm³/mol. The fraction of sp³-hybridized carbons (Fsp3) is 0.235. The Balaban J connectivity index is 2.21. The first-order valence-electron chi connectivity index (χ1n) is 6.44. The molecule has 0 unspecified atom stereocenters. The second-order valence-electron chi connectivity index (χ2n) is 5.34. The van der Waals surface area contributed by atoms with Gasteiger partial charge in [-0.3, -0.25) is 4.79 Å². The first kappa shape index (κ1) is 14.9. The number of benzene rings is 2. The highest BCUT2D eigenvalue weighted by atomic mass is 79.9. The van der Waals surface area contributed by atoms with Crippen LogP contribution in [-0.2, 0) is 16.6 Å². The molecule has 0 aliphatic carbocycles. The van der Waals surface area contributed by atoms with Crippen molar-refractivity contribution in [2.45, 2.75) is 25.7 Å². The molecule has 0 aliphatic heterocycles. The molecule has 0 atom stereocenters. The van der Waals surface area contributed by atoms with E-state index in [1.807, 2.05) is 44.2 Å². The highest BCUT2D eigenvalue weighted by Gasteiger charge is 2.29. The van der Waals surface area contributed by atoms with Crippen LogP contribution >= 0.6 is 15.9 Å². The molecule has 0 amide bonds. The van der Waals surface area contributed by atoms with Crippen molar-refractivity contribution in [1.29, 1.82) is 0 Å². The summed E-state index contributed by atoms with van der Waals surface area (Å²) in [6, 6.07) is 14.4. The zero-order valence-electron chi connectivity index (χ0n) is 11.5. The van der Waals surface area contributed by atoms with Gasteiger partial charge in [-0.1, -0.05) is 36.4 Å². The Bertz CT molecular complexity index is 620. The maximum Gasteiger partial charge on any atom is 0.147 e. The Labute approximate surface area is 127 Å². The number of carbonyl (C=O) groups is 1. The molecule has 1 nitrogen and oxygen atoms in total. The number of halogens is 2. The van der Waals surface area contributed by atoms with Gasteiger partial charge in [-0.15, -0.1) is 0 Å². The Morgan fingerprint density at radius 1 is 1.15 bits per heavy atom. The molecule has 2 rings (SSSR count). The van der Waals surface area contributed by atoms with E-state index in [1.54, 1.807) is 12.1 Å². The van der Waals surface area contributed by atoms with Gasteiger partial charge in [0.2, 0.25) is 0 Å². The molecule has 0 saturated carbocycles. The maximum absolute atomic E-state index is 13.2. The molecule has 0 aliphatic rings. The molecule has 0 N–H and O–H groups in total. The van der Waals surface area contributed by atoms with Crippen LogP contribution in [-0.4, -0.2) is 5.78 Å². The second kappa shape index (κ2) is 5.88. The number of hydrogen-bond donors (Lipinski definition) is 0. The van der Waals surface area contributed by atoms with E-state index in [9.17, 15) is 9.18 Å². The lowest BCUT2D eigenvalue weighted by atomic mass is 9.78. The largest absolute Gasteiger partial charge is 0.298 e. The summed E-state index contributed by atoms with van der Waals surface area (Å²) in [6.45, 7) is 3.84. The molecule has 104 valence electrons. The standard InChI is InChI=1S/C17H16BrFO/c1-17(2,13-6-4-3-5-7-13)16(20)11-12-8-9-15(19)14(18)10-12/h3-10H,11H2,1-2H3. The third-order valence-corrected chi connectivity index (χ3v) is 4.15. The average molecular weight is 335 g/mol. The summed E-state index contributed by atoms with van der Waals surface area (Å²) < 4.78 is 13.6. The van der Waals surface area contributed by atoms with Crippen LogP contribution in [0.1, 0.15) is 25.0 Å². The Kier molecular flexibility index (Phi) is 4.39. The van der Waals surface area contributed by atoms with Crippen LogP contribution in [0.4, 0.5) is 4.39 Å².